The van der Waals surface area contributed by atoms with Crippen LogP contribution in [0.25, 0.3) is 5.69 Å². The van der Waals surface area contributed by atoms with Crippen molar-refractivity contribution < 1.29 is 4.92 Å². The number of imidazole rings is 1. The molecular weight excluding hydrogens is 218 g/mol. The fourth-order valence-corrected chi connectivity index (χ4v) is 1.43. The molecule has 0 N–H and O–H groups in total. The molecule has 0 saturated heterocycles. The average molecular weight is 224 g/mol. The monoisotopic (exact) mass is 223 g/mol. The Balaban J connectivity index is 2.61. The van der Waals surface area contributed by atoms with Gasteiger partial charge in [0.15, 0.2) is 0 Å². The number of nitrogens with zero attached hydrogens (tertiary/aromatic N) is 3. The molecule has 1 aromatic heterocycles. The molecule has 5 nitrogen and oxygen atoms in total. The van der Waals surface area contributed by atoms with E-state index >= 15 is 0 Å². The summed E-state index contributed by atoms with van der Waals surface area (Å²) in [5.41, 5.74) is 0.405. The van der Waals surface area contributed by atoms with Crippen LogP contribution < -0.4 is 0 Å². The van der Waals surface area contributed by atoms with E-state index in [2.05, 4.69) is 4.98 Å². The van der Waals surface area contributed by atoms with Gasteiger partial charge in [-0.3, -0.25) is 10.1 Å². The summed E-state index contributed by atoms with van der Waals surface area (Å²) in [5.74, 6) is 0. The first-order valence-corrected chi connectivity index (χ1v) is 4.48. The summed E-state index contributed by atoms with van der Waals surface area (Å²) in [6.07, 6.45) is 4.69. The van der Waals surface area contributed by atoms with Crippen LogP contribution in [0.15, 0.2) is 36.9 Å². The molecule has 0 aliphatic carbocycles. The molecule has 0 aliphatic heterocycles. The zero-order chi connectivity index (χ0) is 10.8. The third-order valence-corrected chi connectivity index (χ3v) is 2.15. The van der Waals surface area contributed by atoms with Gasteiger partial charge < -0.3 is 4.57 Å². The number of nitro benzene ring substituents is 1. The summed E-state index contributed by atoms with van der Waals surface area (Å²) in [4.78, 5) is 14.1. The molecule has 0 bridgehead atoms. The van der Waals surface area contributed by atoms with Crippen molar-refractivity contribution >= 4 is 17.3 Å². The van der Waals surface area contributed by atoms with E-state index in [1.165, 1.54) is 12.4 Å². The number of hydrogen-bond donors (Lipinski definition) is 0. The second-order valence-corrected chi connectivity index (χ2v) is 3.30. The van der Waals surface area contributed by atoms with Crippen molar-refractivity contribution in [3.8, 4) is 5.69 Å². The Morgan fingerprint density at radius 3 is 2.87 bits per heavy atom. The normalized spacial score (nSPS) is 10.2. The molecule has 0 spiro atoms. The van der Waals surface area contributed by atoms with Crippen LogP contribution >= 0.6 is 11.6 Å². The molecule has 2 aromatic rings. The van der Waals surface area contributed by atoms with Crippen LogP contribution in [0, 0.1) is 10.1 Å². The number of nitro groups is 1. The first-order chi connectivity index (χ1) is 7.18. The molecule has 76 valence electrons. The highest BCUT2D eigenvalue weighted by atomic mass is 35.5. The summed E-state index contributed by atoms with van der Waals surface area (Å²) in [6.45, 7) is 0. The van der Waals surface area contributed by atoms with Gasteiger partial charge in [-0.15, -0.1) is 0 Å². The Bertz CT molecular complexity index is 496. The van der Waals surface area contributed by atoms with E-state index < -0.39 is 4.92 Å². The smallest absolute Gasteiger partial charge is 0.294 e. The summed E-state index contributed by atoms with van der Waals surface area (Å²) >= 11 is 5.69. The lowest BCUT2D eigenvalue weighted by molar-refractivity contribution is -0.384. The van der Waals surface area contributed by atoms with Gasteiger partial charge in [-0.25, -0.2) is 4.98 Å². The van der Waals surface area contributed by atoms with Gasteiger partial charge in [0.05, 0.1) is 11.3 Å². The van der Waals surface area contributed by atoms with Gasteiger partial charge in [-0.2, -0.15) is 0 Å². The standard InChI is InChI=1S/C9H6ClN3O2/c10-7-1-2-8(9(5-7)13(14)15)12-4-3-11-6-12/h1-6H. The molecule has 0 aliphatic rings. The maximum atomic E-state index is 10.8. The SMILES string of the molecule is O=[N+]([O-])c1cc(Cl)ccc1-n1ccnc1. The average Bonchev–Trinajstić information content (AvgIpc) is 2.70. The van der Waals surface area contributed by atoms with Crippen LogP contribution in [-0.4, -0.2) is 14.5 Å². The first kappa shape index (κ1) is 9.67. The zero-order valence-corrected chi connectivity index (χ0v) is 8.26. The third-order valence-electron chi connectivity index (χ3n) is 1.92. The van der Waals surface area contributed by atoms with Gasteiger partial charge in [0, 0.05) is 23.5 Å². The minimum atomic E-state index is -0.471. The highest BCUT2D eigenvalue weighted by Gasteiger charge is 2.15. The number of aromatic nitrogens is 2. The van der Waals surface area contributed by atoms with Crippen LogP contribution in [-0.2, 0) is 0 Å². The second kappa shape index (κ2) is 3.70. The molecule has 1 heterocycles. The maximum Gasteiger partial charge on any atom is 0.294 e. The van der Waals surface area contributed by atoms with Crippen LogP contribution in [0.5, 0.6) is 0 Å². The van der Waals surface area contributed by atoms with E-state index in [0.29, 0.717) is 10.7 Å². The Hall–Kier alpha value is -1.88. The van der Waals surface area contributed by atoms with E-state index in [1.807, 2.05) is 0 Å². The number of benzene rings is 1. The van der Waals surface area contributed by atoms with Gasteiger partial charge in [-0.05, 0) is 12.1 Å². The number of halogens is 1. The van der Waals surface area contributed by atoms with Crippen molar-refractivity contribution in [1.82, 2.24) is 9.55 Å². The van der Waals surface area contributed by atoms with E-state index in [9.17, 15) is 10.1 Å². The zero-order valence-electron chi connectivity index (χ0n) is 7.50. The highest BCUT2D eigenvalue weighted by Crippen LogP contribution is 2.26. The van der Waals surface area contributed by atoms with Crippen LogP contribution in [0.3, 0.4) is 0 Å². The minimum Gasteiger partial charge on any atom is -0.300 e. The summed E-state index contributed by atoms with van der Waals surface area (Å²) < 4.78 is 1.56. The third kappa shape index (κ3) is 1.82. The van der Waals surface area contributed by atoms with Crippen molar-refractivity contribution in [3.63, 3.8) is 0 Å². The lowest BCUT2D eigenvalue weighted by Gasteiger charge is -2.03. The minimum absolute atomic E-state index is 0.0412. The molecule has 0 unspecified atom stereocenters. The number of hydrogen-bond acceptors (Lipinski definition) is 3. The molecule has 0 radical (unpaired) electrons. The van der Waals surface area contributed by atoms with E-state index in [0.717, 1.165) is 0 Å². The Kier molecular flexibility index (Phi) is 2.39. The van der Waals surface area contributed by atoms with Gasteiger partial charge in [0.2, 0.25) is 0 Å². The van der Waals surface area contributed by atoms with E-state index in [4.69, 9.17) is 11.6 Å². The molecule has 0 atom stereocenters. The van der Waals surface area contributed by atoms with Crippen LogP contribution in [0.4, 0.5) is 5.69 Å². The molecule has 6 heteroatoms. The lowest BCUT2D eigenvalue weighted by Crippen LogP contribution is -1.97. The van der Waals surface area contributed by atoms with Crippen molar-refractivity contribution in [2.75, 3.05) is 0 Å². The molecule has 15 heavy (non-hydrogen) atoms. The van der Waals surface area contributed by atoms with Crippen molar-refractivity contribution in [3.05, 3.63) is 52.1 Å². The van der Waals surface area contributed by atoms with Gasteiger partial charge in [0.1, 0.15) is 5.69 Å². The quantitative estimate of drug-likeness (QED) is 0.580. The van der Waals surface area contributed by atoms with Gasteiger partial charge in [-0.1, -0.05) is 11.6 Å². The van der Waals surface area contributed by atoms with E-state index in [1.54, 1.807) is 29.1 Å². The lowest BCUT2D eigenvalue weighted by atomic mass is 10.2. The van der Waals surface area contributed by atoms with Crippen molar-refractivity contribution in [2.24, 2.45) is 0 Å². The summed E-state index contributed by atoms with van der Waals surface area (Å²) in [7, 11) is 0. The predicted molar refractivity (Wildman–Crippen MR) is 55.2 cm³/mol. The molecule has 1 aromatic carbocycles. The maximum absolute atomic E-state index is 10.8. The second-order valence-electron chi connectivity index (χ2n) is 2.86. The van der Waals surface area contributed by atoms with Gasteiger partial charge >= 0.3 is 0 Å². The summed E-state index contributed by atoms with van der Waals surface area (Å²) in [5, 5.41) is 11.1. The molecule has 2 rings (SSSR count). The van der Waals surface area contributed by atoms with E-state index in [-0.39, 0.29) is 5.69 Å². The molecule has 0 saturated carbocycles. The fourth-order valence-electron chi connectivity index (χ4n) is 1.26. The molecule has 0 fully saturated rings. The Morgan fingerprint density at radius 1 is 1.47 bits per heavy atom. The number of rotatable bonds is 2. The summed E-state index contributed by atoms with van der Waals surface area (Å²) in [6, 6.07) is 4.50. The topological polar surface area (TPSA) is 61.0 Å². The van der Waals surface area contributed by atoms with Crippen LogP contribution in [0.1, 0.15) is 0 Å². The Morgan fingerprint density at radius 2 is 2.27 bits per heavy atom. The fraction of sp³-hybridized carbons (Fsp3) is 0. The molecular formula is C9H6ClN3O2. The van der Waals surface area contributed by atoms with Crippen molar-refractivity contribution in [1.29, 1.82) is 0 Å². The molecule has 0 amide bonds. The van der Waals surface area contributed by atoms with Crippen molar-refractivity contribution in [2.45, 2.75) is 0 Å². The van der Waals surface area contributed by atoms with Crippen LogP contribution in [0.2, 0.25) is 5.02 Å². The van der Waals surface area contributed by atoms with Gasteiger partial charge in [0.25, 0.3) is 5.69 Å². The first-order valence-electron chi connectivity index (χ1n) is 4.11. The Labute approximate surface area is 90.1 Å². The highest BCUT2D eigenvalue weighted by molar-refractivity contribution is 6.30. The predicted octanol–water partition coefficient (Wildman–Crippen LogP) is 2.43. The largest absolute Gasteiger partial charge is 0.300 e.